The van der Waals surface area contributed by atoms with Crippen molar-refractivity contribution in [2.24, 2.45) is 0 Å². The summed E-state index contributed by atoms with van der Waals surface area (Å²) < 4.78 is 1.26. The van der Waals surface area contributed by atoms with Crippen molar-refractivity contribution in [3.63, 3.8) is 0 Å². The second kappa shape index (κ2) is 10.4. The Morgan fingerprint density at radius 1 is 1.07 bits per heavy atom. The fraction of sp³-hybridized carbons (Fsp3) is 0.480. The molecule has 1 saturated heterocycles. The van der Waals surface area contributed by atoms with Crippen molar-refractivity contribution in [3.8, 4) is 11.3 Å². The molecule has 3 heterocycles. The predicted octanol–water partition coefficient (Wildman–Crippen LogP) is 5.70. The summed E-state index contributed by atoms with van der Waals surface area (Å²) in [6, 6.07) is 13.3. The number of aromatic nitrogens is 1. The Morgan fingerprint density at radius 2 is 1.83 bits per heavy atom. The third-order valence-electron chi connectivity index (χ3n) is 6.13. The zero-order valence-corrected chi connectivity index (χ0v) is 19.2. The van der Waals surface area contributed by atoms with Gasteiger partial charge in [-0.05, 0) is 75.1 Å². The molecule has 5 heteroatoms. The van der Waals surface area contributed by atoms with E-state index in [0.717, 1.165) is 37.4 Å². The summed E-state index contributed by atoms with van der Waals surface area (Å²) in [4.78, 5) is 9.95. The van der Waals surface area contributed by atoms with Gasteiger partial charge >= 0.3 is 0 Å². The van der Waals surface area contributed by atoms with E-state index in [-0.39, 0.29) is 0 Å². The highest BCUT2D eigenvalue weighted by Crippen LogP contribution is 2.32. The van der Waals surface area contributed by atoms with Gasteiger partial charge in [-0.15, -0.1) is 11.3 Å². The van der Waals surface area contributed by atoms with Crippen LogP contribution in [0.5, 0.6) is 0 Å². The minimum Gasteiger partial charge on any atom is -0.384 e. The third-order valence-corrected chi connectivity index (χ3v) is 7.06. The number of likely N-dealkylation sites (tertiary alicyclic amines) is 1. The minimum atomic E-state index is 1.01. The summed E-state index contributed by atoms with van der Waals surface area (Å²) in [6.07, 6.45) is 3.92. The van der Waals surface area contributed by atoms with Gasteiger partial charge in [0.05, 0.1) is 21.6 Å². The van der Waals surface area contributed by atoms with Crippen LogP contribution in [0.25, 0.3) is 21.5 Å². The zero-order chi connectivity index (χ0) is 20.8. The van der Waals surface area contributed by atoms with Crippen LogP contribution in [-0.2, 0) is 6.54 Å². The predicted molar refractivity (Wildman–Crippen MR) is 130 cm³/mol. The van der Waals surface area contributed by atoms with E-state index in [0.29, 0.717) is 0 Å². The van der Waals surface area contributed by atoms with Crippen LogP contribution in [-0.4, -0.2) is 54.1 Å². The standard InChI is InChI=1S/C25H34N4S/c1-3-28(4-2)19-20-8-10-21(11-9-20)23-18-24(25-22(27-23)12-17-30-25)26-13-7-16-29-14-5-6-15-29/h8-12,17-18H,3-7,13-16,19H2,1-2H3,(H,26,27). The number of hydrogen-bond donors (Lipinski definition) is 1. The van der Waals surface area contributed by atoms with E-state index >= 15 is 0 Å². The van der Waals surface area contributed by atoms with Crippen LogP contribution in [0.15, 0.2) is 41.8 Å². The lowest BCUT2D eigenvalue weighted by Crippen LogP contribution is -2.22. The lowest BCUT2D eigenvalue weighted by atomic mass is 10.1. The number of anilines is 1. The van der Waals surface area contributed by atoms with E-state index in [9.17, 15) is 0 Å². The Labute approximate surface area is 184 Å². The monoisotopic (exact) mass is 422 g/mol. The first kappa shape index (κ1) is 21.3. The van der Waals surface area contributed by atoms with E-state index < -0.39 is 0 Å². The summed E-state index contributed by atoms with van der Waals surface area (Å²) in [5.74, 6) is 0. The van der Waals surface area contributed by atoms with E-state index in [1.807, 2.05) is 0 Å². The maximum absolute atomic E-state index is 4.93. The van der Waals surface area contributed by atoms with E-state index in [4.69, 9.17) is 4.98 Å². The molecule has 1 N–H and O–H groups in total. The summed E-state index contributed by atoms with van der Waals surface area (Å²) in [5, 5.41) is 5.84. The average molecular weight is 423 g/mol. The first-order valence-corrected chi connectivity index (χ1v) is 12.3. The van der Waals surface area contributed by atoms with Crippen LogP contribution < -0.4 is 5.32 Å². The third kappa shape index (κ3) is 5.20. The van der Waals surface area contributed by atoms with Gasteiger partial charge in [-0.25, -0.2) is 4.98 Å². The number of hydrogen-bond acceptors (Lipinski definition) is 5. The normalized spacial score (nSPS) is 14.8. The van der Waals surface area contributed by atoms with E-state index in [2.05, 4.69) is 70.7 Å². The smallest absolute Gasteiger partial charge is 0.0838 e. The first-order valence-electron chi connectivity index (χ1n) is 11.4. The van der Waals surface area contributed by atoms with Gasteiger partial charge in [0, 0.05) is 18.7 Å². The highest BCUT2D eigenvalue weighted by molar-refractivity contribution is 7.17. The second-order valence-electron chi connectivity index (χ2n) is 8.18. The van der Waals surface area contributed by atoms with Crippen molar-refractivity contribution in [2.45, 2.75) is 39.7 Å². The van der Waals surface area contributed by atoms with Gasteiger partial charge in [-0.1, -0.05) is 38.1 Å². The zero-order valence-electron chi connectivity index (χ0n) is 18.4. The fourth-order valence-corrected chi connectivity index (χ4v) is 5.08. The van der Waals surface area contributed by atoms with Crippen molar-refractivity contribution in [3.05, 3.63) is 47.3 Å². The Balaban J connectivity index is 1.46. The molecule has 1 fully saturated rings. The molecule has 0 atom stereocenters. The van der Waals surface area contributed by atoms with Gasteiger partial charge in [-0.2, -0.15) is 0 Å². The van der Waals surface area contributed by atoms with Crippen molar-refractivity contribution >= 4 is 27.2 Å². The molecule has 4 nitrogen and oxygen atoms in total. The molecule has 1 aromatic carbocycles. The molecular weight excluding hydrogens is 388 g/mol. The van der Waals surface area contributed by atoms with Crippen molar-refractivity contribution in [1.82, 2.24) is 14.8 Å². The molecule has 2 aromatic heterocycles. The van der Waals surface area contributed by atoms with Crippen LogP contribution in [0.3, 0.4) is 0 Å². The molecule has 0 bridgehead atoms. The van der Waals surface area contributed by atoms with Gasteiger partial charge in [0.15, 0.2) is 0 Å². The van der Waals surface area contributed by atoms with E-state index in [1.165, 1.54) is 60.4 Å². The minimum absolute atomic E-state index is 1.01. The molecule has 0 unspecified atom stereocenters. The quantitative estimate of drug-likeness (QED) is 0.425. The van der Waals surface area contributed by atoms with Gasteiger partial charge in [0.25, 0.3) is 0 Å². The number of pyridine rings is 1. The molecule has 3 aromatic rings. The summed E-state index contributed by atoms with van der Waals surface area (Å²) >= 11 is 1.77. The van der Waals surface area contributed by atoms with Crippen LogP contribution in [0, 0.1) is 0 Å². The highest BCUT2D eigenvalue weighted by Gasteiger charge is 2.12. The number of benzene rings is 1. The molecule has 0 saturated carbocycles. The largest absolute Gasteiger partial charge is 0.384 e. The molecule has 160 valence electrons. The molecule has 1 aliphatic rings. The number of thiophene rings is 1. The molecule has 30 heavy (non-hydrogen) atoms. The highest BCUT2D eigenvalue weighted by atomic mass is 32.1. The summed E-state index contributed by atoms with van der Waals surface area (Å²) in [7, 11) is 0. The lowest BCUT2D eigenvalue weighted by molar-refractivity contribution is 0.296. The average Bonchev–Trinajstić information content (AvgIpc) is 3.47. The Bertz CT molecular complexity index is 924. The Kier molecular flexibility index (Phi) is 7.37. The summed E-state index contributed by atoms with van der Waals surface area (Å²) in [6.45, 7) is 12.4. The van der Waals surface area contributed by atoms with Crippen molar-refractivity contribution in [1.29, 1.82) is 0 Å². The Hall–Kier alpha value is -1.95. The lowest BCUT2D eigenvalue weighted by Gasteiger charge is -2.18. The molecular formula is C25H34N4S. The maximum atomic E-state index is 4.93. The molecule has 0 radical (unpaired) electrons. The SMILES string of the molecule is CCN(CC)Cc1ccc(-c2cc(NCCCN3CCCC3)c3sccc3n2)cc1. The topological polar surface area (TPSA) is 31.4 Å². The molecule has 0 spiro atoms. The number of nitrogens with zero attached hydrogens (tertiary/aromatic N) is 3. The van der Waals surface area contributed by atoms with E-state index in [1.54, 1.807) is 11.3 Å². The van der Waals surface area contributed by atoms with Gasteiger partial charge in [-0.3, -0.25) is 4.90 Å². The first-order chi connectivity index (χ1) is 14.8. The van der Waals surface area contributed by atoms with Gasteiger partial charge in [0.2, 0.25) is 0 Å². The van der Waals surface area contributed by atoms with Gasteiger partial charge in [0.1, 0.15) is 0 Å². The fourth-order valence-electron chi connectivity index (χ4n) is 4.25. The maximum Gasteiger partial charge on any atom is 0.0838 e. The molecule has 4 rings (SSSR count). The summed E-state index contributed by atoms with van der Waals surface area (Å²) in [5.41, 5.74) is 5.91. The molecule has 0 aliphatic carbocycles. The number of nitrogens with one attached hydrogen (secondary N) is 1. The number of rotatable bonds is 10. The van der Waals surface area contributed by atoms with Crippen molar-refractivity contribution in [2.75, 3.05) is 44.6 Å². The second-order valence-corrected chi connectivity index (χ2v) is 9.09. The van der Waals surface area contributed by atoms with Crippen LogP contribution in [0.1, 0.15) is 38.7 Å². The van der Waals surface area contributed by atoms with Crippen LogP contribution in [0.2, 0.25) is 0 Å². The van der Waals surface area contributed by atoms with Crippen LogP contribution in [0.4, 0.5) is 5.69 Å². The number of fused-ring (bicyclic) bond motifs is 1. The van der Waals surface area contributed by atoms with Crippen molar-refractivity contribution < 1.29 is 0 Å². The molecule has 1 aliphatic heterocycles. The van der Waals surface area contributed by atoms with Gasteiger partial charge < -0.3 is 10.2 Å². The van der Waals surface area contributed by atoms with Crippen LogP contribution >= 0.6 is 11.3 Å². The Morgan fingerprint density at radius 3 is 2.57 bits per heavy atom. The molecule has 0 amide bonds.